The molecule has 31 heavy (non-hydrogen) atoms. The molecule has 4 rings (SSSR count). The highest BCUT2D eigenvalue weighted by molar-refractivity contribution is 5.96. The van der Waals surface area contributed by atoms with Gasteiger partial charge in [-0.2, -0.15) is 0 Å². The van der Waals surface area contributed by atoms with Crippen molar-refractivity contribution >= 4 is 5.78 Å². The number of ketones is 1. The zero-order chi connectivity index (χ0) is 21.8. The van der Waals surface area contributed by atoms with Gasteiger partial charge in [-0.25, -0.2) is 0 Å². The molecular weight excluding hydrogens is 388 g/mol. The minimum atomic E-state index is -0.972. The van der Waals surface area contributed by atoms with Gasteiger partial charge in [0.25, 0.3) is 0 Å². The number of hydrogen-bond acceptors (Lipinski definition) is 5. The van der Waals surface area contributed by atoms with E-state index >= 15 is 0 Å². The Hall–Kier alpha value is -1.95. The van der Waals surface area contributed by atoms with Crippen molar-refractivity contribution in [3.8, 4) is 0 Å². The largest absolute Gasteiger partial charge is 0.486 e. The summed E-state index contributed by atoms with van der Waals surface area (Å²) in [7, 11) is 2.17. The van der Waals surface area contributed by atoms with Gasteiger partial charge in [-0.3, -0.25) is 4.79 Å². The van der Waals surface area contributed by atoms with Crippen molar-refractivity contribution in [1.29, 1.82) is 0 Å². The van der Waals surface area contributed by atoms with Gasteiger partial charge in [0.1, 0.15) is 0 Å². The van der Waals surface area contributed by atoms with Crippen LogP contribution in [0.1, 0.15) is 36.8 Å². The molecule has 0 bridgehead atoms. The number of carbonyl (C=O) groups is 1. The number of aryl methyl sites for hydroxylation is 1. The molecule has 3 aliphatic rings. The molecule has 5 heteroatoms. The van der Waals surface area contributed by atoms with Gasteiger partial charge in [0.15, 0.2) is 6.10 Å². The van der Waals surface area contributed by atoms with Crippen LogP contribution in [0.2, 0.25) is 0 Å². The lowest BCUT2D eigenvalue weighted by Crippen LogP contribution is -2.51. The minimum absolute atomic E-state index is 0.0368. The summed E-state index contributed by atoms with van der Waals surface area (Å²) in [5.74, 6) is 0.0971. The lowest BCUT2D eigenvalue weighted by atomic mass is 9.74. The molecule has 0 amide bonds. The maximum Gasteiger partial charge on any atom is 0.203 e. The van der Waals surface area contributed by atoms with Gasteiger partial charge in [0, 0.05) is 51.1 Å². The Morgan fingerprint density at radius 2 is 2.03 bits per heavy atom. The molecule has 3 unspecified atom stereocenters. The standard InChI is InChI=1S/C26H36N2O3/c1-20-6-5-7-21(16-20)18-26(30)22(17-25-24(29)10-15-31-25)8-3-4-9-23(26)19-28-13-11-27(2)12-14-28/h5-7,10,15-17,23,25,30H,3-4,8-9,11-14,18-19H2,1-2H3. The second kappa shape index (κ2) is 9.68. The van der Waals surface area contributed by atoms with E-state index in [1.165, 1.54) is 17.9 Å². The van der Waals surface area contributed by atoms with Crippen molar-refractivity contribution in [3.05, 3.63) is 59.4 Å². The number of aliphatic hydroxyl groups is 1. The number of piperazine rings is 1. The van der Waals surface area contributed by atoms with E-state index in [-0.39, 0.29) is 11.7 Å². The van der Waals surface area contributed by atoms with Crippen LogP contribution in [0.25, 0.3) is 0 Å². The summed E-state index contributed by atoms with van der Waals surface area (Å²) in [6.45, 7) is 7.21. The van der Waals surface area contributed by atoms with Crippen LogP contribution >= 0.6 is 0 Å². The summed E-state index contributed by atoms with van der Waals surface area (Å²) >= 11 is 0. The maximum atomic E-state index is 12.4. The summed E-state index contributed by atoms with van der Waals surface area (Å²) in [6, 6.07) is 8.44. The van der Waals surface area contributed by atoms with Gasteiger partial charge in [-0.05, 0) is 50.4 Å². The zero-order valence-electron chi connectivity index (χ0n) is 18.9. The highest BCUT2D eigenvalue weighted by Gasteiger charge is 2.43. The number of carbonyl (C=O) groups excluding carboxylic acids is 1. The first-order valence-corrected chi connectivity index (χ1v) is 11.7. The molecule has 1 aromatic rings. The predicted molar refractivity (Wildman–Crippen MR) is 123 cm³/mol. The fraction of sp³-hybridized carbons (Fsp3) is 0.577. The second-order valence-electron chi connectivity index (χ2n) is 9.59. The number of rotatable bonds is 5. The zero-order valence-corrected chi connectivity index (χ0v) is 18.9. The number of likely N-dealkylation sites (N-methyl/N-ethyl adjacent to an activating group) is 1. The van der Waals surface area contributed by atoms with Crippen LogP contribution in [0.5, 0.6) is 0 Å². The molecule has 1 aliphatic carbocycles. The van der Waals surface area contributed by atoms with Crippen LogP contribution in [-0.2, 0) is 16.0 Å². The van der Waals surface area contributed by atoms with E-state index in [2.05, 4.69) is 48.0 Å². The molecule has 2 aliphatic heterocycles. The summed E-state index contributed by atoms with van der Waals surface area (Å²) in [6.07, 6.45) is 8.81. The maximum absolute atomic E-state index is 12.4. The predicted octanol–water partition coefficient (Wildman–Crippen LogP) is 3.11. The number of nitrogens with zero attached hydrogens (tertiary/aromatic N) is 2. The normalized spacial score (nSPS) is 31.7. The van der Waals surface area contributed by atoms with Gasteiger partial charge in [-0.15, -0.1) is 0 Å². The van der Waals surface area contributed by atoms with Crippen molar-refractivity contribution < 1.29 is 14.6 Å². The Kier molecular flexibility index (Phi) is 6.95. The Bertz CT molecular complexity index is 841. The first-order chi connectivity index (χ1) is 14.9. The smallest absolute Gasteiger partial charge is 0.203 e. The fourth-order valence-electron chi connectivity index (χ4n) is 5.28. The molecule has 1 aromatic carbocycles. The SMILES string of the molecule is Cc1cccc(CC2(O)C(=CC3OC=CC3=O)CCCCC2CN2CCN(C)CC2)c1. The van der Waals surface area contributed by atoms with E-state index < -0.39 is 11.7 Å². The highest BCUT2D eigenvalue weighted by Crippen LogP contribution is 2.40. The third-order valence-corrected chi connectivity index (χ3v) is 7.20. The number of benzene rings is 1. The van der Waals surface area contributed by atoms with E-state index in [4.69, 9.17) is 4.74 Å². The lowest BCUT2D eigenvalue weighted by Gasteiger charge is -2.42. The Balaban J connectivity index is 1.65. The van der Waals surface area contributed by atoms with Gasteiger partial charge in [0.2, 0.25) is 5.78 Å². The van der Waals surface area contributed by atoms with Gasteiger partial charge < -0.3 is 19.6 Å². The van der Waals surface area contributed by atoms with E-state index in [0.717, 1.165) is 69.5 Å². The Labute approximate surface area is 186 Å². The van der Waals surface area contributed by atoms with Gasteiger partial charge in [-0.1, -0.05) is 36.2 Å². The summed E-state index contributed by atoms with van der Waals surface area (Å²) in [5.41, 5.74) is 2.36. The fourth-order valence-corrected chi connectivity index (χ4v) is 5.28. The van der Waals surface area contributed by atoms with Crippen LogP contribution in [0, 0.1) is 12.8 Å². The van der Waals surface area contributed by atoms with E-state index in [1.807, 2.05) is 6.08 Å². The van der Waals surface area contributed by atoms with Crippen LogP contribution in [-0.4, -0.2) is 72.2 Å². The molecule has 0 radical (unpaired) electrons. The molecule has 0 aromatic heterocycles. The summed E-state index contributed by atoms with van der Waals surface area (Å²) < 4.78 is 5.53. The third kappa shape index (κ3) is 5.28. The van der Waals surface area contributed by atoms with E-state index in [9.17, 15) is 9.90 Å². The average Bonchev–Trinajstić information content (AvgIpc) is 3.08. The molecule has 2 fully saturated rings. The van der Waals surface area contributed by atoms with Crippen molar-refractivity contribution in [1.82, 2.24) is 9.80 Å². The lowest BCUT2D eigenvalue weighted by molar-refractivity contribution is -0.118. The summed E-state index contributed by atoms with van der Waals surface area (Å²) in [5, 5.41) is 12.4. The van der Waals surface area contributed by atoms with E-state index in [0.29, 0.717) is 6.42 Å². The molecule has 1 saturated heterocycles. The van der Waals surface area contributed by atoms with Crippen LogP contribution in [0.4, 0.5) is 0 Å². The molecule has 0 spiro atoms. The number of hydrogen-bond donors (Lipinski definition) is 1. The average molecular weight is 425 g/mol. The van der Waals surface area contributed by atoms with Crippen molar-refractivity contribution in [3.63, 3.8) is 0 Å². The molecular formula is C26H36N2O3. The molecule has 2 heterocycles. The van der Waals surface area contributed by atoms with Crippen molar-refractivity contribution in [2.45, 2.75) is 50.7 Å². The minimum Gasteiger partial charge on any atom is -0.486 e. The molecule has 3 atom stereocenters. The van der Waals surface area contributed by atoms with Crippen molar-refractivity contribution in [2.24, 2.45) is 5.92 Å². The summed E-state index contributed by atoms with van der Waals surface area (Å²) in [4.78, 5) is 17.1. The molecule has 168 valence electrons. The Morgan fingerprint density at radius 1 is 1.23 bits per heavy atom. The quantitative estimate of drug-likeness (QED) is 0.581. The molecule has 5 nitrogen and oxygen atoms in total. The van der Waals surface area contributed by atoms with Crippen LogP contribution in [0.3, 0.4) is 0 Å². The van der Waals surface area contributed by atoms with Gasteiger partial charge >= 0.3 is 0 Å². The molecule has 1 saturated carbocycles. The first kappa shape index (κ1) is 22.3. The van der Waals surface area contributed by atoms with Crippen LogP contribution < -0.4 is 0 Å². The van der Waals surface area contributed by atoms with Gasteiger partial charge in [0.05, 0.1) is 11.9 Å². The molecule has 1 N–H and O–H groups in total. The monoisotopic (exact) mass is 424 g/mol. The first-order valence-electron chi connectivity index (χ1n) is 11.7. The number of ether oxygens (including phenoxy) is 1. The topological polar surface area (TPSA) is 53.0 Å². The Morgan fingerprint density at radius 3 is 2.74 bits per heavy atom. The van der Waals surface area contributed by atoms with E-state index in [1.54, 1.807) is 0 Å². The van der Waals surface area contributed by atoms with Crippen molar-refractivity contribution in [2.75, 3.05) is 39.8 Å². The van der Waals surface area contributed by atoms with Crippen LogP contribution in [0.15, 0.2) is 48.3 Å². The third-order valence-electron chi connectivity index (χ3n) is 7.20. The second-order valence-corrected chi connectivity index (χ2v) is 9.59. The highest BCUT2D eigenvalue weighted by atomic mass is 16.5.